The van der Waals surface area contributed by atoms with Crippen LogP contribution in [-0.4, -0.2) is 26.2 Å². The highest BCUT2D eigenvalue weighted by Crippen LogP contribution is 2.20. The molecule has 0 saturated heterocycles. The first-order valence-electron chi connectivity index (χ1n) is 5.30. The molecule has 0 saturated carbocycles. The molecule has 0 aliphatic rings. The normalized spacial score (nSPS) is 13.6. The van der Waals surface area contributed by atoms with Crippen LogP contribution in [-0.2, 0) is 10.0 Å². The predicted octanol–water partition coefficient (Wildman–Crippen LogP) is 1.81. The van der Waals surface area contributed by atoms with E-state index in [9.17, 15) is 13.5 Å². The molecule has 1 rings (SSSR count). The summed E-state index contributed by atoms with van der Waals surface area (Å²) in [4.78, 5) is 0.232. The van der Waals surface area contributed by atoms with Crippen molar-refractivity contribution in [3.63, 3.8) is 0 Å². The number of hydrogen-bond acceptors (Lipinski definition) is 3. The van der Waals surface area contributed by atoms with Gasteiger partial charge in [-0.15, -0.1) is 0 Å². The van der Waals surface area contributed by atoms with Crippen LogP contribution in [0.5, 0.6) is 0 Å². The molecule has 0 radical (unpaired) electrons. The van der Waals surface area contributed by atoms with Gasteiger partial charge in [-0.25, -0.2) is 13.1 Å². The minimum atomic E-state index is -3.56. The van der Waals surface area contributed by atoms with Crippen LogP contribution in [0.15, 0.2) is 27.6 Å². The molecule has 1 aromatic rings. The van der Waals surface area contributed by atoms with Crippen LogP contribution in [0.3, 0.4) is 0 Å². The second kappa shape index (κ2) is 5.95. The second-order valence-corrected chi connectivity index (χ2v) is 6.47. The van der Waals surface area contributed by atoms with Crippen molar-refractivity contribution in [3.05, 3.63) is 28.2 Å². The maximum absolute atomic E-state index is 12.0. The monoisotopic (exact) mass is 321 g/mol. The average molecular weight is 322 g/mol. The minimum absolute atomic E-state index is 0.0325. The molecule has 0 heterocycles. The van der Waals surface area contributed by atoms with E-state index in [2.05, 4.69) is 20.7 Å². The molecule has 1 aromatic carbocycles. The van der Waals surface area contributed by atoms with Gasteiger partial charge < -0.3 is 5.11 Å². The number of sulfonamides is 1. The van der Waals surface area contributed by atoms with Crippen molar-refractivity contribution in [1.29, 1.82) is 0 Å². The summed E-state index contributed by atoms with van der Waals surface area (Å²) in [5, 5.41) is 9.36. The van der Waals surface area contributed by atoms with Crippen LogP contribution in [0.25, 0.3) is 0 Å². The standard InChI is InChI=1S/C11H16BrNO3S/c1-3-10(14)7-13-17(15,16)11-6-9(12)5-4-8(11)2/h4-6,10,13-14H,3,7H2,1-2H3. The molecule has 0 bridgehead atoms. The Morgan fingerprint density at radius 3 is 2.71 bits per heavy atom. The molecule has 0 fully saturated rings. The van der Waals surface area contributed by atoms with E-state index in [1.54, 1.807) is 32.0 Å². The van der Waals surface area contributed by atoms with Crippen molar-refractivity contribution in [2.75, 3.05) is 6.54 Å². The van der Waals surface area contributed by atoms with Gasteiger partial charge in [0.15, 0.2) is 0 Å². The summed E-state index contributed by atoms with van der Waals surface area (Å²) in [5.41, 5.74) is 0.673. The number of aryl methyl sites for hydroxylation is 1. The van der Waals surface area contributed by atoms with Crippen molar-refractivity contribution in [2.45, 2.75) is 31.3 Å². The SMILES string of the molecule is CCC(O)CNS(=O)(=O)c1cc(Br)ccc1C. The van der Waals surface area contributed by atoms with Crippen molar-refractivity contribution < 1.29 is 13.5 Å². The van der Waals surface area contributed by atoms with E-state index in [-0.39, 0.29) is 11.4 Å². The molecular formula is C11H16BrNO3S. The third-order valence-corrected chi connectivity index (χ3v) is 4.48. The van der Waals surface area contributed by atoms with Gasteiger partial charge in [0.1, 0.15) is 0 Å². The van der Waals surface area contributed by atoms with Gasteiger partial charge >= 0.3 is 0 Å². The summed E-state index contributed by atoms with van der Waals surface area (Å²) in [7, 11) is -3.56. The van der Waals surface area contributed by atoms with Gasteiger partial charge in [-0.3, -0.25) is 0 Å². The molecule has 0 aliphatic carbocycles. The fourth-order valence-corrected chi connectivity index (χ4v) is 3.15. The van der Waals surface area contributed by atoms with Crippen molar-refractivity contribution in [2.24, 2.45) is 0 Å². The van der Waals surface area contributed by atoms with Gasteiger partial charge in [0.2, 0.25) is 10.0 Å². The third-order valence-electron chi connectivity index (χ3n) is 2.42. The Labute approximate surface area is 110 Å². The summed E-state index contributed by atoms with van der Waals surface area (Å²) in [5.74, 6) is 0. The molecule has 17 heavy (non-hydrogen) atoms. The topological polar surface area (TPSA) is 66.4 Å². The lowest BCUT2D eigenvalue weighted by Gasteiger charge is -2.12. The van der Waals surface area contributed by atoms with E-state index >= 15 is 0 Å². The summed E-state index contributed by atoms with van der Waals surface area (Å²) in [6.07, 6.45) is -0.141. The first-order valence-corrected chi connectivity index (χ1v) is 7.58. The molecule has 6 heteroatoms. The zero-order valence-electron chi connectivity index (χ0n) is 9.77. The van der Waals surface area contributed by atoms with Gasteiger partial charge in [0.05, 0.1) is 11.0 Å². The summed E-state index contributed by atoms with van der Waals surface area (Å²) in [6, 6.07) is 5.07. The molecule has 0 aliphatic heterocycles. The van der Waals surface area contributed by atoms with E-state index in [1.165, 1.54) is 0 Å². The van der Waals surface area contributed by atoms with Crippen LogP contribution in [0.2, 0.25) is 0 Å². The molecular weight excluding hydrogens is 306 g/mol. The number of aliphatic hydroxyl groups is 1. The molecule has 2 N–H and O–H groups in total. The third kappa shape index (κ3) is 4.06. The van der Waals surface area contributed by atoms with Gasteiger partial charge in [-0.2, -0.15) is 0 Å². The highest BCUT2D eigenvalue weighted by molar-refractivity contribution is 9.10. The fourth-order valence-electron chi connectivity index (χ4n) is 1.29. The highest BCUT2D eigenvalue weighted by Gasteiger charge is 2.17. The molecule has 4 nitrogen and oxygen atoms in total. The number of benzene rings is 1. The predicted molar refractivity (Wildman–Crippen MR) is 70.4 cm³/mol. The smallest absolute Gasteiger partial charge is 0.240 e. The molecule has 0 amide bonds. The number of rotatable bonds is 5. The largest absolute Gasteiger partial charge is 0.392 e. The number of nitrogens with one attached hydrogen (secondary N) is 1. The fraction of sp³-hybridized carbons (Fsp3) is 0.455. The quantitative estimate of drug-likeness (QED) is 0.869. The van der Waals surface area contributed by atoms with Gasteiger partial charge in [-0.1, -0.05) is 28.9 Å². The van der Waals surface area contributed by atoms with Crippen LogP contribution < -0.4 is 4.72 Å². The Morgan fingerprint density at radius 2 is 2.12 bits per heavy atom. The van der Waals surface area contributed by atoms with E-state index in [0.717, 1.165) is 0 Å². The Morgan fingerprint density at radius 1 is 1.47 bits per heavy atom. The Kier molecular flexibility index (Phi) is 5.12. The van der Waals surface area contributed by atoms with E-state index in [1.807, 2.05) is 0 Å². The summed E-state index contributed by atoms with van der Waals surface area (Å²) in [6.45, 7) is 3.56. The lowest BCUT2D eigenvalue weighted by Crippen LogP contribution is -2.32. The zero-order valence-corrected chi connectivity index (χ0v) is 12.2. The molecule has 1 unspecified atom stereocenters. The molecule has 0 spiro atoms. The number of aliphatic hydroxyl groups excluding tert-OH is 1. The lowest BCUT2D eigenvalue weighted by molar-refractivity contribution is 0.174. The maximum atomic E-state index is 12.0. The maximum Gasteiger partial charge on any atom is 0.240 e. The highest BCUT2D eigenvalue weighted by atomic mass is 79.9. The average Bonchev–Trinajstić information content (AvgIpc) is 2.29. The second-order valence-electron chi connectivity index (χ2n) is 3.82. The van der Waals surface area contributed by atoms with Crippen molar-refractivity contribution >= 4 is 26.0 Å². The van der Waals surface area contributed by atoms with E-state index in [4.69, 9.17) is 0 Å². The number of halogens is 1. The number of hydrogen-bond donors (Lipinski definition) is 2. The molecule has 1 atom stereocenters. The zero-order chi connectivity index (χ0) is 13.1. The van der Waals surface area contributed by atoms with Gasteiger partial charge in [-0.05, 0) is 31.0 Å². The van der Waals surface area contributed by atoms with Crippen molar-refractivity contribution in [1.82, 2.24) is 4.72 Å². The first-order chi connectivity index (χ1) is 7.86. The molecule has 0 aromatic heterocycles. The van der Waals surface area contributed by atoms with Crippen molar-refractivity contribution in [3.8, 4) is 0 Å². The van der Waals surface area contributed by atoms with Crippen LogP contribution in [0.1, 0.15) is 18.9 Å². The van der Waals surface area contributed by atoms with Gasteiger partial charge in [0.25, 0.3) is 0 Å². The summed E-state index contributed by atoms with van der Waals surface area (Å²) >= 11 is 3.24. The minimum Gasteiger partial charge on any atom is -0.392 e. The molecule has 96 valence electrons. The Bertz CT molecular complexity index is 487. The van der Waals surface area contributed by atoms with E-state index in [0.29, 0.717) is 16.5 Å². The van der Waals surface area contributed by atoms with Crippen LogP contribution in [0.4, 0.5) is 0 Å². The lowest BCUT2D eigenvalue weighted by atomic mass is 10.2. The summed E-state index contributed by atoms with van der Waals surface area (Å²) < 4.78 is 27.1. The van der Waals surface area contributed by atoms with Gasteiger partial charge in [0, 0.05) is 11.0 Å². The van der Waals surface area contributed by atoms with Crippen LogP contribution in [0, 0.1) is 6.92 Å². The Hall–Kier alpha value is -0.430. The first kappa shape index (κ1) is 14.6. The Balaban J connectivity index is 2.93. The van der Waals surface area contributed by atoms with Crippen LogP contribution >= 0.6 is 15.9 Å². The van der Waals surface area contributed by atoms with E-state index < -0.39 is 16.1 Å².